The molecule has 6 bridgehead atoms. The Morgan fingerprint density at radius 2 is 1.30 bits per heavy atom. The summed E-state index contributed by atoms with van der Waals surface area (Å²) in [6.07, 6.45) is 13.2. The zero-order valence-electron chi connectivity index (χ0n) is 28.6. The molecule has 0 amide bonds. The molecule has 5 atom stereocenters. The molecule has 8 fully saturated rings. The highest BCUT2D eigenvalue weighted by atomic mass is 16.6. The minimum absolute atomic E-state index is 0.0646. The number of carbonyl (C=O) groups is 4. The monoisotopic (exact) mass is 638 g/mol. The van der Waals surface area contributed by atoms with Crippen LogP contribution in [0.15, 0.2) is 36.5 Å². The summed E-state index contributed by atoms with van der Waals surface area (Å²) in [5.41, 5.74) is 1.04. The van der Waals surface area contributed by atoms with Crippen LogP contribution in [0.3, 0.4) is 0 Å². The second-order valence-electron chi connectivity index (χ2n) is 15.7. The van der Waals surface area contributed by atoms with Gasteiger partial charge in [-0.1, -0.05) is 26.7 Å². The molecular weight excluding hydrogens is 584 g/mol. The van der Waals surface area contributed by atoms with Gasteiger partial charge in [0.15, 0.2) is 0 Å². The summed E-state index contributed by atoms with van der Waals surface area (Å²) in [6.45, 7) is 20.1. The lowest BCUT2D eigenvalue weighted by Crippen LogP contribution is -2.59. The van der Waals surface area contributed by atoms with E-state index in [0.29, 0.717) is 34.5 Å². The van der Waals surface area contributed by atoms with Crippen molar-refractivity contribution in [3.8, 4) is 0 Å². The van der Waals surface area contributed by atoms with Gasteiger partial charge in [-0.25, -0.2) is 14.4 Å². The maximum atomic E-state index is 12.0. The van der Waals surface area contributed by atoms with E-state index in [0.717, 1.165) is 43.9 Å². The van der Waals surface area contributed by atoms with Crippen molar-refractivity contribution in [3.63, 3.8) is 0 Å². The van der Waals surface area contributed by atoms with Gasteiger partial charge in [0.05, 0.1) is 5.92 Å². The summed E-state index contributed by atoms with van der Waals surface area (Å²) in [4.78, 5) is 46.1. The van der Waals surface area contributed by atoms with E-state index in [1.165, 1.54) is 44.9 Å². The largest absolute Gasteiger partial charge is 0.458 e. The van der Waals surface area contributed by atoms with Gasteiger partial charge in [-0.2, -0.15) is 0 Å². The van der Waals surface area contributed by atoms with E-state index in [1.54, 1.807) is 20.8 Å². The van der Waals surface area contributed by atoms with Gasteiger partial charge in [-0.15, -0.1) is 0 Å². The number of esters is 4. The lowest BCUT2D eigenvalue weighted by Gasteiger charge is -2.60. The first-order valence-electron chi connectivity index (χ1n) is 17.5. The fourth-order valence-corrected chi connectivity index (χ4v) is 9.88. The van der Waals surface area contributed by atoms with Crippen molar-refractivity contribution in [2.24, 2.45) is 41.4 Å². The van der Waals surface area contributed by atoms with Crippen molar-refractivity contribution in [3.05, 3.63) is 36.5 Å². The molecule has 1 saturated heterocycles. The average molecular weight is 639 g/mol. The molecule has 0 spiro atoms. The number of rotatable bonds is 7. The van der Waals surface area contributed by atoms with E-state index < -0.39 is 0 Å². The van der Waals surface area contributed by atoms with Gasteiger partial charge in [0.2, 0.25) is 0 Å². The Morgan fingerprint density at radius 1 is 0.783 bits per heavy atom. The third-order valence-corrected chi connectivity index (χ3v) is 12.1. The molecule has 8 heteroatoms. The highest BCUT2D eigenvalue weighted by Gasteiger charge is 2.63. The second kappa shape index (κ2) is 13.3. The van der Waals surface area contributed by atoms with Crippen LogP contribution in [0.4, 0.5) is 0 Å². The van der Waals surface area contributed by atoms with Crippen molar-refractivity contribution in [1.29, 1.82) is 0 Å². The molecule has 7 aliphatic carbocycles. The SMILES string of the molecule is C=C(C)C(=O)OC1(C)CCCC1.C=C(C)C(=O)OC1(CC)C2CC3CC(C2)CC1C3.C=C(C)C(=O)OC1C2CC3C(=O)OC1C3C2. The van der Waals surface area contributed by atoms with E-state index in [4.69, 9.17) is 18.9 Å². The first-order valence-corrected chi connectivity index (χ1v) is 17.5. The number of fused-ring (bicyclic) bond motifs is 1. The third kappa shape index (κ3) is 6.73. The van der Waals surface area contributed by atoms with Crippen LogP contribution in [0.2, 0.25) is 0 Å². The van der Waals surface area contributed by atoms with Crippen molar-refractivity contribution in [2.75, 3.05) is 0 Å². The Labute approximate surface area is 274 Å². The van der Waals surface area contributed by atoms with Crippen LogP contribution in [0, 0.1) is 41.4 Å². The van der Waals surface area contributed by atoms with Crippen LogP contribution in [0.25, 0.3) is 0 Å². The minimum atomic E-state index is -0.378. The van der Waals surface area contributed by atoms with E-state index in [-0.39, 0.29) is 59.1 Å². The number of hydrogen-bond donors (Lipinski definition) is 0. The predicted molar refractivity (Wildman–Crippen MR) is 173 cm³/mol. The summed E-state index contributed by atoms with van der Waals surface area (Å²) in [7, 11) is 0. The molecule has 0 aromatic rings. The molecular formula is C38H54O8. The molecule has 0 aromatic heterocycles. The van der Waals surface area contributed by atoms with Gasteiger partial charge in [0.1, 0.15) is 23.4 Å². The van der Waals surface area contributed by atoms with Crippen molar-refractivity contribution in [1.82, 2.24) is 0 Å². The van der Waals surface area contributed by atoms with Gasteiger partial charge >= 0.3 is 23.9 Å². The topological polar surface area (TPSA) is 105 Å². The van der Waals surface area contributed by atoms with Gasteiger partial charge in [-0.3, -0.25) is 4.79 Å². The minimum Gasteiger partial charge on any atom is -0.458 e. The average Bonchev–Trinajstić information content (AvgIpc) is 3.74. The van der Waals surface area contributed by atoms with Crippen LogP contribution in [-0.4, -0.2) is 47.3 Å². The maximum Gasteiger partial charge on any atom is 0.333 e. The van der Waals surface area contributed by atoms with Gasteiger partial charge < -0.3 is 18.9 Å². The molecule has 0 radical (unpaired) electrons. The van der Waals surface area contributed by atoms with Crippen LogP contribution < -0.4 is 0 Å². The quantitative estimate of drug-likeness (QED) is 0.164. The fourth-order valence-electron chi connectivity index (χ4n) is 9.88. The van der Waals surface area contributed by atoms with Crippen LogP contribution >= 0.6 is 0 Å². The number of carbonyl (C=O) groups excluding carboxylic acids is 4. The normalized spacial score (nSPS) is 38.0. The molecule has 254 valence electrons. The van der Waals surface area contributed by atoms with Crippen LogP contribution in [-0.2, 0) is 38.1 Å². The molecule has 0 N–H and O–H groups in total. The Hall–Kier alpha value is -2.90. The molecule has 8 aliphatic rings. The Balaban J connectivity index is 0.000000139. The first-order chi connectivity index (χ1) is 21.7. The highest BCUT2D eigenvalue weighted by Crippen LogP contribution is 2.61. The van der Waals surface area contributed by atoms with Crippen molar-refractivity contribution in [2.45, 2.75) is 135 Å². The molecule has 1 heterocycles. The zero-order chi connectivity index (χ0) is 33.6. The zero-order valence-corrected chi connectivity index (χ0v) is 28.6. The highest BCUT2D eigenvalue weighted by molar-refractivity contribution is 5.88. The van der Waals surface area contributed by atoms with Gasteiger partial charge in [0.25, 0.3) is 0 Å². The van der Waals surface area contributed by atoms with Gasteiger partial charge in [-0.05, 0) is 128 Å². The van der Waals surface area contributed by atoms with E-state index in [1.807, 2.05) is 6.92 Å². The summed E-state index contributed by atoms with van der Waals surface area (Å²) in [5, 5.41) is 0. The lowest BCUT2D eigenvalue weighted by molar-refractivity contribution is -0.207. The summed E-state index contributed by atoms with van der Waals surface area (Å²) < 4.78 is 22.0. The molecule has 8 nitrogen and oxygen atoms in total. The number of ether oxygens (including phenoxy) is 4. The third-order valence-electron chi connectivity index (χ3n) is 12.1. The maximum absolute atomic E-state index is 12.0. The Bertz CT molecular complexity index is 1240. The van der Waals surface area contributed by atoms with Crippen molar-refractivity contribution >= 4 is 23.9 Å². The second-order valence-corrected chi connectivity index (χ2v) is 15.7. The summed E-state index contributed by atoms with van der Waals surface area (Å²) in [6, 6.07) is 0. The molecule has 46 heavy (non-hydrogen) atoms. The Morgan fingerprint density at radius 3 is 1.80 bits per heavy atom. The molecule has 7 saturated carbocycles. The molecule has 8 rings (SSSR count). The van der Waals surface area contributed by atoms with E-state index in [2.05, 4.69) is 26.7 Å². The molecule has 5 unspecified atom stereocenters. The summed E-state index contributed by atoms with van der Waals surface area (Å²) in [5.74, 6) is 2.78. The van der Waals surface area contributed by atoms with E-state index >= 15 is 0 Å². The van der Waals surface area contributed by atoms with Crippen molar-refractivity contribution < 1.29 is 38.1 Å². The predicted octanol–water partition coefficient (Wildman–Crippen LogP) is 7.20. The number of hydrogen-bond acceptors (Lipinski definition) is 8. The molecule has 0 aromatic carbocycles. The first kappa shape index (κ1) is 34.4. The Kier molecular flexibility index (Phi) is 9.96. The molecule has 1 aliphatic heterocycles. The fraction of sp³-hybridized carbons (Fsp3) is 0.737. The van der Waals surface area contributed by atoms with E-state index in [9.17, 15) is 19.2 Å². The smallest absolute Gasteiger partial charge is 0.333 e. The van der Waals surface area contributed by atoms with Crippen LogP contribution in [0.5, 0.6) is 0 Å². The standard InChI is InChI=1S/C16H24O2.C12H14O4.C10H16O2/c1-4-16(18-15(17)10(2)3)13-6-11-5-12(8-13)9-14(16)7-11;1-5(2)11(13)15-9-6-3-7-8(4-6)12(14)16-10(7)9;1-8(2)9(11)12-10(3)6-4-5-7-10/h11-14H,2,4-9H2,1,3H3;6-10H,1,3-4H2,2H3;1,4-7H2,2-3H3. The summed E-state index contributed by atoms with van der Waals surface area (Å²) >= 11 is 0. The lowest BCUT2D eigenvalue weighted by atomic mass is 9.49. The van der Waals surface area contributed by atoms with Gasteiger partial charge in [0, 0.05) is 28.6 Å². The van der Waals surface area contributed by atoms with Crippen LogP contribution in [0.1, 0.15) is 112 Å².